The number of fused-ring (bicyclic) bond motifs is 1. The zero-order chi connectivity index (χ0) is 14.9. The van der Waals surface area contributed by atoms with Gasteiger partial charge in [-0.2, -0.15) is 13.2 Å². The van der Waals surface area contributed by atoms with Crippen LogP contribution in [0.1, 0.15) is 24.9 Å². The summed E-state index contributed by atoms with van der Waals surface area (Å²) in [6.07, 6.45) is -4.06. The summed E-state index contributed by atoms with van der Waals surface area (Å²) in [5.41, 5.74) is 0.814. The third-order valence-electron chi connectivity index (χ3n) is 2.93. The van der Waals surface area contributed by atoms with Crippen molar-refractivity contribution in [1.29, 1.82) is 0 Å². The van der Waals surface area contributed by atoms with Gasteiger partial charge in [-0.1, -0.05) is 6.92 Å². The van der Waals surface area contributed by atoms with Crippen molar-refractivity contribution in [3.8, 4) is 0 Å². The molecule has 0 aromatic carbocycles. The van der Waals surface area contributed by atoms with Crippen molar-refractivity contribution in [3.63, 3.8) is 0 Å². The van der Waals surface area contributed by atoms with Crippen LogP contribution in [-0.4, -0.2) is 32.7 Å². The van der Waals surface area contributed by atoms with Gasteiger partial charge >= 0.3 is 6.18 Å². The number of H-pyrrole nitrogens is 1. The monoisotopic (exact) mass is 288 g/mol. The zero-order valence-electron chi connectivity index (χ0n) is 11.0. The number of alkyl halides is 3. The number of hydrogen-bond acceptors (Lipinski definition) is 4. The number of hydrogen-bond donors (Lipinski definition) is 3. The van der Waals surface area contributed by atoms with E-state index in [1.165, 1.54) is 0 Å². The number of nitrogens with one attached hydrogen (secondary N) is 2. The fourth-order valence-corrected chi connectivity index (χ4v) is 1.85. The quantitative estimate of drug-likeness (QED) is 0.808. The fraction of sp³-hybridized carbons (Fsp3) is 0.500. The smallest absolute Gasteiger partial charge is 0.394 e. The molecular formula is C12H15F3N4O. The van der Waals surface area contributed by atoms with Crippen LogP contribution in [0, 0.1) is 6.92 Å². The Morgan fingerprint density at radius 1 is 1.40 bits per heavy atom. The van der Waals surface area contributed by atoms with E-state index in [2.05, 4.69) is 20.3 Å². The lowest BCUT2D eigenvalue weighted by Crippen LogP contribution is -2.24. The topological polar surface area (TPSA) is 73.8 Å². The molecule has 0 radical (unpaired) electrons. The molecule has 20 heavy (non-hydrogen) atoms. The SMILES string of the molecule is CCC(CO)Nc1nc(C(F)(F)F)nc2[nH]c(C)cc12. The molecule has 0 aliphatic heterocycles. The molecule has 2 rings (SSSR count). The van der Waals surface area contributed by atoms with Crippen LogP contribution in [0.3, 0.4) is 0 Å². The van der Waals surface area contributed by atoms with Gasteiger partial charge in [0, 0.05) is 5.69 Å². The Kier molecular flexibility index (Phi) is 3.85. The molecule has 1 atom stereocenters. The highest BCUT2D eigenvalue weighted by atomic mass is 19.4. The first-order valence-electron chi connectivity index (χ1n) is 6.17. The standard InChI is InChI=1S/C12H15F3N4O/c1-3-7(5-20)17-10-8-4-6(2)16-9(8)18-11(19-10)12(13,14)15/h4,7,20H,3,5H2,1-2H3,(H2,16,17,18,19). The average Bonchev–Trinajstić information content (AvgIpc) is 2.74. The molecule has 2 aromatic heterocycles. The molecule has 2 heterocycles. The lowest BCUT2D eigenvalue weighted by atomic mass is 10.2. The number of rotatable bonds is 4. The van der Waals surface area contributed by atoms with Crippen molar-refractivity contribution >= 4 is 16.9 Å². The summed E-state index contributed by atoms with van der Waals surface area (Å²) in [7, 11) is 0. The largest absolute Gasteiger partial charge is 0.451 e. The Morgan fingerprint density at radius 3 is 2.65 bits per heavy atom. The Hall–Kier alpha value is -1.83. The van der Waals surface area contributed by atoms with E-state index in [0.29, 0.717) is 17.5 Å². The average molecular weight is 288 g/mol. The number of anilines is 1. The molecular weight excluding hydrogens is 273 g/mol. The summed E-state index contributed by atoms with van der Waals surface area (Å²) < 4.78 is 38.4. The van der Waals surface area contributed by atoms with Crippen LogP contribution in [0.5, 0.6) is 0 Å². The highest BCUT2D eigenvalue weighted by Gasteiger charge is 2.36. The van der Waals surface area contributed by atoms with Crippen molar-refractivity contribution in [3.05, 3.63) is 17.6 Å². The minimum atomic E-state index is -4.62. The Balaban J connectivity index is 2.54. The van der Waals surface area contributed by atoms with E-state index in [1.54, 1.807) is 13.0 Å². The second kappa shape index (κ2) is 5.28. The summed E-state index contributed by atoms with van der Waals surface area (Å²) in [5.74, 6) is -1.13. The van der Waals surface area contributed by atoms with Gasteiger partial charge in [-0.3, -0.25) is 0 Å². The molecule has 0 aliphatic rings. The summed E-state index contributed by atoms with van der Waals surface area (Å²) in [6, 6.07) is 1.31. The van der Waals surface area contributed by atoms with E-state index in [4.69, 9.17) is 5.11 Å². The number of nitrogens with zero attached hydrogens (tertiary/aromatic N) is 2. The number of halogens is 3. The molecule has 2 aromatic rings. The van der Waals surface area contributed by atoms with E-state index in [0.717, 1.165) is 0 Å². The first-order valence-corrected chi connectivity index (χ1v) is 6.17. The number of aryl methyl sites for hydroxylation is 1. The van der Waals surface area contributed by atoms with E-state index >= 15 is 0 Å². The third-order valence-corrected chi connectivity index (χ3v) is 2.93. The van der Waals surface area contributed by atoms with Crippen LogP contribution in [0.2, 0.25) is 0 Å². The first-order chi connectivity index (χ1) is 9.35. The zero-order valence-corrected chi connectivity index (χ0v) is 11.0. The highest BCUT2D eigenvalue weighted by molar-refractivity contribution is 5.88. The van der Waals surface area contributed by atoms with Gasteiger partial charge in [0.25, 0.3) is 0 Å². The Bertz CT molecular complexity index is 605. The first kappa shape index (κ1) is 14.6. The summed E-state index contributed by atoms with van der Waals surface area (Å²) in [5, 5.41) is 12.5. The van der Waals surface area contributed by atoms with E-state index in [9.17, 15) is 13.2 Å². The van der Waals surface area contributed by atoms with Crippen LogP contribution < -0.4 is 5.32 Å². The van der Waals surface area contributed by atoms with Crippen molar-refractivity contribution < 1.29 is 18.3 Å². The lowest BCUT2D eigenvalue weighted by molar-refractivity contribution is -0.144. The molecule has 0 saturated heterocycles. The predicted molar refractivity (Wildman–Crippen MR) is 68.4 cm³/mol. The molecule has 1 unspecified atom stereocenters. The lowest BCUT2D eigenvalue weighted by Gasteiger charge is -2.16. The second-order valence-corrected chi connectivity index (χ2v) is 4.54. The van der Waals surface area contributed by atoms with Crippen LogP contribution in [0.25, 0.3) is 11.0 Å². The molecule has 0 fully saturated rings. The molecule has 0 spiro atoms. The molecule has 0 amide bonds. The minimum Gasteiger partial charge on any atom is -0.394 e. The normalized spacial score (nSPS) is 13.7. The maximum atomic E-state index is 12.8. The van der Waals surface area contributed by atoms with Crippen molar-refractivity contribution in [2.24, 2.45) is 0 Å². The molecule has 0 saturated carbocycles. The van der Waals surface area contributed by atoms with Crippen LogP contribution >= 0.6 is 0 Å². The molecule has 5 nitrogen and oxygen atoms in total. The van der Waals surface area contributed by atoms with Gasteiger partial charge in [-0.15, -0.1) is 0 Å². The van der Waals surface area contributed by atoms with Crippen molar-refractivity contribution in [2.75, 3.05) is 11.9 Å². The van der Waals surface area contributed by atoms with Gasteiger partial charge in [0.15, 0.2) is 0 Å². The van der Waals surface area contributed by atoms with Gasteiger partial charge in [0.05, 0.1) is 18.0 Å². The third kappa shape index (κ3) is 2.84. The summed E-state index contributed by atoms with van der Waals surface area (Å²) in [4.78, 5) is 9.80. The molecule has 0 bridgehead atoms. The molecule has 3 N–H and O–H groups in total. The number of aromatic amines is 1. The number of aromatic nitrogens is 3. The van der Waals surface area contributed by atoms with Gasteiger partial charge < -0.3 is 15.4 Å². The van der Waals surface area contributed by atoms with Gasteiger partial charge in [0.2, 0.25) is 5.82 Å². The Labute approximate surface area is 113 Å². The number of aliphatic hydroxyl groups is 1. The van der Waals surface area contributed by atoms with Crippen LogP contribution in [-0.2, 0) is 6.18 Å². The van der Waals surface area contributed by atoms with E-state index < -0.39 is 12.0 Å². The minimum absolute atomic E-state index is 0.0765. The van der Waals surface area contributed by atoms with Gasteiger partial charge in [0.1, 0.15) is 11.5 Å². The summed E-state index contributed by atoms with van der Waals surface area (Å²) >= 11 is 0. The summed E-state index contributed by atoms with van der Waals surface area (Å²) in [6.45, 7) is 3.36. The van der Waals surface area contributed by atoms with E-state index in [-0.39, 0.29) is 24.1 Å². The molecule has 8 heteroatoms. The Morgan fingerprint density at radius 2 is 2.10 bits per heavy atom. The van der Waals surface area contributed by atoms with Crippen molar-refractivity contribution in [1.82, 2.24) is 15.0 Å². The van der Waals surface area contributed by atoms with Crippen LogP contribution in [0.4, 0.5) is 19.0 Å². The van der Waals surface area contributed by atoms with Crippen molar-refractivity contribution in [2.45, 2.75) is 32.5 Å². The maximum absolute atomic E-state index is 12.8. The highest BCUT2D eigenvalue weighted by Crippen LogP contribution is 2.30. The fourth-order valence-electron chi connectivity index (χ4n) is 1.85. The number of aliphatic hydroxyl groups excluding tert-OH is 1. The van der Waals surface area contributed by atoms with Crippen LogP contribution in [0.15, 0.2) is 6.07 Å². The van der Waals surface area contributed by atoms with Gasteiger partial charge in [-0.25, -0.2) is 9.97 Å². The van der Waals surface area contributed by atoms with E-state index in [1.807, 2.05) is 6.92 Å². The predicted octanol–water partition coefficient (Wildman–Crippen LogP) is 2.47. The molecule has 110 valence electrons. The van der Waals surface area contributed by atoms with Gasteiger partial charge in [-0.05, 0) is 19.4 Å². The second-order valence-electron chi connectivity index (χ2n) is 4.54. The molecule has 0 aliphatic carbocycles. The maximum Gasteiger partial charge on any atom is 0.451 e.